The van der Waals surface area contributed by atoms with Gasteiger partial charge in [0.1, 0.15) is 22.3 Å². The highest BCUT2D eigenvalue weighted by Gasteiger charge is 2.29. The van der Waals surface area contributed by atoms with Gasteiger partial charge in [0, 0.05) is 18.8 Å². The van der Waals surface area contributed by atoms with Crippen LogP contribution in [0.1, 0.15) is 11.1 Å². The highest BCUT2D eigenvalue weighted by molar-refractivity contribution is 7.92. The quantitative estimate of drug-likeness (QED) is 0.566. The Morgan fingerprint density at radius 1 is 0.909 bits per heavy atom. The summed E-state index contributed by atoms with van der Waals surface area (Å²) < 4.78 is 87.3. The smallest absolute Gasteiger partial charge is 0.264 e. The molecule has 7 nitrogen and oxygen atoms in total. The Bertz CT molecular complexity index is 1410. The van der Waals surface area contributed by atoms with E-state index in [0.29, 0.717) is 23.8 Å². The van der Waals surface area contributed by atoms with E-state index in [1.54, 1.807) is 18.2 Å². The van der Waals surface area contributed by atoms with E-state index >= 15 is 0 Å². The molecule has 3 aromatic carbocycles. The Morgan fingerprint density at radius 2 is 1.64 bits per heavy atom. The molecule has 3 aromatic rings. The summed E-state index contributed by atoms with van der Waals surface area (Å²) in [4.78, 5) is -0.700. The molecule has 0 fully saturated rings. The van der Waals surface area contributed by atoms with Gasteiger partial charge in [0.25, 0.3) is 10.0 Å². The van der Waals surface area contributed by atoms with Crippen molar-refractivity contribution in [2.24, 2.45) is 0 Å². The number of ether oxygens (including phenoxy) is 1. The number of rotatable bonds is 6. The normalized spacial score (nSPS) is 14.5. The van der Waals surface area contributed by atoms with E-state index in [-0.39, 0.29) is 23.7 Å². The maximum atomic E-state index is 14.0. The molecular formula is C22H20F2N2O5S2. The Hall–Kier alpha value is -3.02. The van der Waals surface area contributed by atoms with Crippen molar-refractivity contribution in [1.82, 2.24) is 4.31 Å². The van der Waals surface area contributed by atoms with Gasteiger partial charge in [-0.2, -0.15) is 4.31 Å². The van der Waals surface area contributed by atoms with Gasteiger partial charge in [-0.3, -0.25) is 4.72 Å². The van der Waals surface area contributed by atoms with E-state index in [1.807, 2.05) is 0 Å². The molecule has 0 saturated carbocycles. The van der Waals surface area contributed by atoms with Crippen LogP contribution in [0.4, 0.5) is 14.5 Å². The van der Waals surface area contributed by atoms with Crippen molar-refractivity contribution >= 4 is 25.7 Å². The third kappa shape index (κ3) is 4.70. The molecule has 0 amide bonds. The zero-order chi connectivity index (χ0) is 23.8. The molecule has 1 N–H and O–H groups in total. The first kappa shape index (κ1) is 23.1. The number of hydrogen-bond acceptors (Lipinski definition) is 5. The fourth-order valence-electron chi connectivity index (χ4n) is 3.59. The number of sulfonamides is 2. The predicted octanol–water partition coefficient (Wildman–Crippen LogP) is 3.52. The lowest BCUT2D eigenvalue weighted by Gasteiger charge is -2.28. The first-order valence-electron chi connectivity index (χ1n) is 9.84. The molecule has 1 aliphatic heterocycles. The van der Waals surface area contributed by atoms with Crippen molar-refractivity contribution in [2.75, 3.05) is 18.4 Å². The number of hydrogen-bond donors (Lipinski definition) is 1. The molecule has 0 saturated heterocycles. The van der Waals surface area contributed by atoms with Crippen LogP contribution in [-0.2, 0) is 33.0 Å². The van der Waals surface area contributed by atoms with Crippen molar-refractivity contribution in [2.45, 2.75) is 22.8 Å². The summed E-state index contributed by atoms with van der Waals surface area (Å²) in [5.41, 5.74) is 1.59. The molecule has 1 aliphatic rings. The van der Waals surface area contributed by atoms with Crippen molar-refractivity contribution in [3.63, 3.8) is 0 Å². The zero-order valence-electron chi connectivity index (χ0n) is 17.5. The molecule has 0 aliphatic carbocycles. The lowest BCUT2D eigenvalue weighted by Crippen LogP contribution is -2.36. The number of halogens is 2. The number of fused-ring (bicyclic) bond motifs is 1. The minimum atomic E-state index is -4.39. The van der Waals surface area contributed by atoms with Gasteiger partial charge in [0.05, 0.1) is 12.0 Å². The number of methoxy groups -OCH3 is 1. The van der Waals surface area contributed by atoms with Gasteiger partial charge in [-0.25, -0.2) is 25.6 Å². The maximum absolute atomic E-state index is 14.0. The number of nitrogens with zero attached hydrogens (tertiary/aromatic N) is 1. The summed E-state index contributed by atoms with van der Waals surface area (Å²) in [6.45, 7) is 0.300. The van der Waals surface area contributed by atoms with Gasteiger partial charge in [0.15, 0.2) is 0 Å². The van der Waals surface area contributed by atoms with E-state index in [1.165, 1.54) is 35.7 Å². The first-order chi connectivity index (χ1) is 15.6. The molecule has 0 atom stereocenters. The summed E-state index contributed by atoms with van der Waals surface area (Å²) in [7, 11) is -6.69. The third-order valence-electron chi connectivity index (χ3n) is 5.32. The van der Waals surface area contributed by atoms with E-state index in [0.717, 1.165) is 17.7 Å². The monoisotopic (exact) mass is 494 g/mol. The Balaban J connectivity index is 1.59. The lowest BCUT2D eigenvalue weighted by molar-refractivity contribution is 0.391. The van der Waals surface area contributed by atoms with Crippen LogP contribution in [0, 0.1) is 11.6 Å². The van der Waals surface area contributed by atoms with Crippen molar-refractivity contribution in [3.8, 4) is 5.75 Å². The fraction of sp³-hybridized carbons (Fsp3) is 0.182. The Morgan fingerprint density at radius 3 is 2.33 bits per heavy atom. The third-order valence-corrected chi connectivity index (χ3v) is 8.57. The molecule has 0 unspecified atom stereocenters. The van der Waals surface area contributed by atoms with Crippen LogP contribution in [0.25, 0.3) is 0 Å². The molecule has 0 bridgehead atoms. The van der Waals surface area contributed by atoms with Gasteiger partial charge in [-0.1, -0.05) is 6.07 Å². The molecule has 11 heteroatoms. The number of anilines is 1. The van der Waals surface area contributed by atoms with Crippen LogP contribution in [0.2, 0.25) is 0 Å². The second-order valence-electron chi connectivity index (χ2n) is 7.43. The SMILES string of the molecule is COc1ccc(S(=O)(=O)N2CCc3ccc(NS(=O)(=O)c4cc(F)ccc4F)cc3C2)cc1. The molecule has 33 heavy (non-hydrogen) atoms. The molecular weight excluding hydrogens is 474 g/mol. The minimum Gasteiger partial charge on any atom is -0.497 e. The summed E-state index contributed by atoms with van der Waals surface area (Å²) in [6, 6.07) is 12.9. The van der Waals surface area contributed by atoms with Crippen LogP contribution in [-0.4, -0.2) is 34.8 Å². The highest BCUT2D eigenvalue weighted by Crippen LogP contribution is 2.29. The largest absolute Gasteiger partial charge is 0.497 e. The van der Waals surface area contributed by atoms with Crippen LogP contribution in [0.5, 0.6) is 5.75 Å². The van der Waals surface area contributed by atoms with Gasteiger partial charge in [-0.05, 0) is 72.1 Å². The van der Waals surface area contributed by atoms with Crippen LogP contribution in [0.15, 0.2) is 70.5 Å². The Labute approximate surface area is 190 Å². The van der Waals surface area contributed by atoms with Crippen molar-refractivity contribution in [1.29, 1.82) is 0 Å². The molecule has 4 rings (SSSR count). The average molecular weight is 495 g/mol. The highest BCUT2D eigenvalue weighted by atomic mass is 32.2. The number of benzene rings is 3. The molecule has 0 radical (unpaired) electrons. The van der Waals surface area contributed by atoms with Gasteiger partial charge < -0.3 is 4.74 Å². The van der Waals surface area contributed by atoms with E-state index < -0.39 is 36.6 Å². The van der Waals surface area contributed by atoms with E-state index in [2.05, 4.69) is 4.72 Å². The fourth-order valence-corrected chi connectivity index (χ4v) is 6.15. The molecule has 0 spiro atoms. The molecule has 1 heterocycles. The summed E-state index contributed by atoms with van der Waals surface area (Å²) in [5.74, 6) is -1.44. The number of nitrogens with one attached hydrogen (secondary N) is 1. The Kier molecular flexibility index (Phi) is 6.12. The van der Waals surface area contributed by atoms with Crippen LogP contribution in [0.3, 0.4) is 0 Å². The maximum Gasteiger partial charge on any atom is 0.264 e. The van der Waals surface area contributed by atoms with Gasteiger partial charge in [0.2, 0.25) is 10.0 Å². The molecule has 0 aromatic heterocycles. The second kappa shape index (κ2) is 8.73. The summed E-state index contributed by atoms with van der Waals surface area (Å²) in [6.07, 6.45) is 0.441. The summed E-state index contributed by atoms with van der Waals surface area (Å²) in [5, 5.41) is 0. The summed E-state index contributed by atoms with van der Waals surface area (Å²) >= 11 is 0. The van der Waals surface area contributed by atoms with Crippen LogP contribution < -0.4 is 9.46 Å². The first-order valence-corrected chi connectivity index (χ1v) is 12.8. The van der Waals surface area contributed by atoms with E-state index in [4.69, 9.17) is 4.74 Å². The zero-order valence-corrected chi connectivity index (χ0v) is 19.1. The topological polar surface area (TPSA) is 92.8 Å². The van der Waals surface area contributed by atoms with Crippen molar-refractivity contribution in [3.05, 3.63) is 83.4 Å². The van der Waals surface area contributed by atoms with Crippen molar-refractivity contribution < 1.29 is 30.4 Å². The van der Waals surface area contributed by atoms with Crippen LogP contribution >= 0.6 is 0 Å². The average Bonchev–Trinajstić information content (AvgIpc) is 2.79. The predicted molar refractivity (Wildman–Crippen MR) is 118 cm³/mol. The lowest BCUT2D eigenvalue weighted by atomic mass is 10.0. The standard InChI is InChI=1S/C22H20F2N2O5S2/c1-31-19-5-7-20(8-6-19)33(29,30)26-11-10-15-2-4-18(12-16(15)14-26)25-32(27,28)22-13-17(23)3-9-21(22)24/h2-9,12-13,25H,10-11,14H2,1H3. The van der Waals surface area contributed by atoms with Gasteiger partial charge >= 0.3 is 0 Å². The minimum absolute atomic E-state index is 0.0353. The van der Waals surface area contributed by atoms with Gasteiger partial charge in [-0.15, -0.1) is 0 Å². The molecule has 174 valence electrons. The van der Waals surface area contributed by atoms with E-state index in [9.17, 15) is 25.6 Å². The second-order valence-corrected chi connectivity index (χ2v) is 11.0.